The molecule has 0 spiro atoms. The van der Waals surface area contributed by atoms with Crippen molar-refractivity contribution in [1.82, 2.24) is 19.6 Å². The standard InChI is InChI=1S/C16H12ClF3N4O3/c1-23-14(12(13(25)22-23)16(18,19)20)24-7-9(6-21-24)8-3-4-11(17)10(5-8)15(26)27-2/h3-7H,1-2H3,(H,22,25). The van der Waals surface area contributed by atoms with E-state index in [2.05, 4.69) is 14.9 Å². The van der Waals surface area contributed by atoms with Gasteiger partial charge in [-0.2, -0.15) is 18.3 Å². The summed E-state index contributed by atoms with van der Waals surface area (Å²) in [5.74, 6) is -1.11. The van der Waals surface area contributed by atoms with Gasteiger partial charge in [0.05, 0.1) is 23.9 Å². The van der Waals surface area contributed by atoms with Gasteiger partial charge in [0.15, 0.2) is 11.4 Å². The molecule has 0 aliphatic carbocycles. The van der Waals surface area contributed by atoms with E-state index in [0.717, 1.165) is 9.36 Å². The number of ether oxygens (including phenoxy) is 1. The SMILES string of the molecule is COC(=O)c1cc(-c2cnn(-c3c(C(F)(F)F)c(=O)[nH]n3C)c2)ccc1Cl. The zero-order chi connectivity index (χ0) is 19.9. The highest BCUT2D eigenvalue weighted by molar-refractivity contribution is 6.33. The van der Waals surface area contributed by atoms with Gasteiger partial charge in [-0.25, -0.2) is 9.48 Å². The number of aromatic nitrogens is 4. The van der Waals surface area contributed by atoms with E-state index >= 15 is 0 Å². The van der Waals surface area contributed by atoms with Crippen molar-refractivity contribution in [1.29, 1.82) is 0 Å². The van der Waals surface area contributed by atoms with Gasteiger partial charge in [0.1, 0.15) is 0 Å². The molecular weight excluding hydrogens is 389 g/mol. The molecule has 0 aliphatic rings. The maximum absolute atomic E-state index is 13.2. The van der Waals surface area contributed by atoms with Crippen molar-refractivity contribution in [3.05, 3.63) is 57.1 Å². The van der Waals surface area contributed by atoms with Crippen LogP contribution in [-0.4, -0.2) is 32.6 Å². The number of esters is 1. The largest absolute Gasteiger partial charge is 0.465 e. The summed E-state index contributed by atoms with van der Waals surface area (Å²) < 4.78 is 46.2. The third-order valence-corrected chi connectivity index (χ3v) is 4.16. The third-order valence-electron chi connectivity index (χ3n) is 3.83. The van der Waals surface area contributed by atoms with Crippen molar-refractivity contribution >= 4 is 17.6 Å². The quantitative estimate of drug-likeness (QED) is 0.685. The van der Waals surface area contributed by atoms with E-state index in [1.54, 1.807) is 6.07 Å². The topological polar surface area (TPSA) is 81.9 Å². The molecule has 0 saturated carbocycles. The van der Waals surface area contributed by atoms with E-state index < -0.39 is 29.1 Å². The lowest BCUT2D eigenvalue weighted by molar-refractivity contribution is -0.138. The Labute approximate surface area is 154 Å². The lowest BCUT2D eigenvalue weighted by atomic mass is 10.1. The predicted octanol–water partition coefficient (Wildman–Crippen LogP) is 3.02. The number of carbonyl (C=O) groups is 1. The normalized spacial score (nSPS) is 11.6. The van der Waals surface area contributed by atoms with Gasteiger partial charge in [0.25, 0.3) is 5.56 Å². The second kappa shape index (κ2) is 6.62. The van der Waals surface area contributed by atoms with Crippen molar-refractivity contribution in [2.45, 2.75) is 6.18 Å². The molecule has 1 N–H and O–H groups in total. The number of benzene rings is 1. The second-order valence-corrected chi connectivity index (χ2v) is 5.96. The first-order valence-corrected chi connectivity index (χ1v) is 7.80. The van der Waals surface area contributed by atoms with E-state index in [9.17, 15) is 22.8 Å². The third kappa shape index (κ3) is 3.35. The highest BCUT2D eigenvalue weighted by Crippen LogP contribution is 2.32. The van der Waals surface area contributed by atoms with Gasteiger partial charge in [-0.1, -0.05) is 17.7 Å². The van der Waals surface area contributed by atoms with Crippen LogP contribution in [0.4, 0.5) is 13.2 Å². The fourth-order valence-corrected chi connectivity index (χ4v) is 2.81. The zero-order valence-corrected chi connectivity index (χ0v) is 14.7. The Morgan fingerprint density at radius 1 is 1.30 bits per heavy atom. The minimum atomic E-state index is -4.85. The summed E-state index contributed by atoms with van der Waals surface area (Å²) >= 11 is 5.96. The molecule has 0 fully saturated rings. The van der Waals surface area contributed by atoms with Gasteiger partial charge >= 0.3 is 12.1 Å². The summed E-state index contributed by atoms with van der Waals surface area (Å²) in [6, 6.07) is 4.49. The summed E-state index contributed by atoms with van der Waals surface area (Å²) in [5.41, 5.74) is -1.62. The lowest BCUT2D eigenvalue weighted by Crippen LogP contribution is -2.19. The van der Waals surface area contributed by atoms with Crippen LogP contribution in [0.1, 0.15) is 15.9 Å². The van der Waals surface area contributed by atoms with Crippen molar-refractivity contribution in [2.75, 3.05) is 7.11 Å². The summed E-state index contributed by atoms with van der Waals surface area (Å²) in [7, 11) is 2.47. The number of halogens is 4. The summed E-state index contributed by atoms with van der Waals surface area (Å²) in [6.45, 7) is 0. The number of hydrogen-bond donors (Lipinski definition) is 1. The molecular formula is C16H12ClF3N4O3. The van der Waals surface area contributed by atoms with Crippen LogP contribution in [0, 0.1) is 0 Å². The van der Waals surface area contributed by atoms with Crippen molar-refractivity contribution in [3.8, 4) is 16.9 Å². The van der Waals surface area contributed by atoms with Gasteiger partial charge in [-0.15, -0.1) is 0 Å². The number of nitrogens with one attached hydrogen (secondary N) is 1. The number of carbonyl (C=O) groups excluding carboxylic acids is 1. The van der Waals surface area contributed by atoms with Crippen molar-refractivity contribution < 1.29 is 22.7 Å². The van der Waals surface area contributed by atoms with Gasteiger partial charge in [-0.3, -0.25) is 14.6 Å². The number of aryl methyl sites for hydroxylation is 1. The second-order valence-electron chi connectivity index (χ2n) is 5.56. The van der Waals surface area contributed by atoms with Crippen molar-refractivity contribution in [2.24, 2.45) is 7.05 Å². The maximum atomic E-state index is 13.2. The first-order valence-electron chi connectivity index (χ1n) is 7.43. The van der Waals surface area contributed by atoms with Crippen LogP contribution < -0.4 is 5.56 Å². The zero-order valence-electron chi connectivity index (χ0n) is 14.0. The fraction of sp³-hybridized carbons (Fsp3) is 0.188. The number of H-pyrrole nitrogens is 1. The van der Waals surface area contributed by atoms with Crippen LogP contribution in [0.3, 0.4) is 0 Å². The van der Waals surface area contributed by atoms with Gasteiger partial charge in [-0.05, 0) is 17.7 Å². The Hall–Kier alpha value is -3.01. The molecule has 0 bridgehead atoms. The molecule has 3 rings (SSSR count). The lowest BCUT2D eigenvalue weighted by Gasteiger charge is -2.08. The Balaban J connectivity index is 2.10. The van der Waals surface area contributed by atoms with Crippen molar-refractivity contribution in [3.63, 3.8) is 0 Å². The van der Waals surface area contributed by atoms with Crippen LogP contribution in [0.25, 0.3) is 16.9 Å². The number of hydrogen-bond acceptors (Lipinski definition) is 4. The Morgan fingerprint density at radius 2 is 2.00 bits per heavy atom. The maximum Gasteiger partial charge on any atom is 0.425 e. The average molecular weight is 401 g/mol. The summed E-state index contributed by atoms with van der Waals surface area (Å²) in [5, 5.41) is 6.16. The Bertz CT molecular complexity index is 1080. The molecule has 2 aromatic heterocycles. The first-order chi connectivity index (χ1) is 12.6. The molecule has 0 aliphatic heterocycles. The molecule has 7 nitrogen and oxygen atoms in total. The molecule has 0 amide bonds. The molecule has 2 heterocycles. The number of alkyl halides is 3. The molecule has 0 saturated heterocycles. The van der Waals surface area contributed by atoms with E-state index in [1.165, 1.54) is 38.7 Å². The fourth-order valence-electron chi connectivity index (χ4n) is 2.61. The molecule has 27 heavy (non-hydrogen) atoms. The Morgan fingerprint density at radius 3 is 2.63 bits per heavy atom. The average Bonchev–Trinajstić information content (AvgIpc) is 3.18. The minimum absolute atomic E-state index is 0.106. The summed E-state index contributed by atoms with van der Waals surface area (Å²) in [4.78, 5) is 23.4. The number of methoxy groups -OCH3 is 1. The molecule has 0 radical (unpaired) electrons. The molecule has 142 valence electrons. The highest BCUT2D eigenvalue weighted by atomic mass is 35.5. The first kappa shape index (κ1) is 18.8. The van der Waals surface area contributed by atoms with Gasteiger partial charge < -0.3 is 4.74 Å². The molecule has 0 atom stereocenters. The van der Waals surface area contributed by atoms with E-state index in [0.29, 0.717) is 11.1 Å². The molecule has 0 unspecified atom stereocenters. The van der Waals surface area contributed by atoms with Crippen LogP contribution in [0.15, 0.2) is 35.4 Å². The highest BCUT2D eigenvalue weighted by Gasteiger charge is 2.40. The van der Waals surface area contributed by atoms with Crippen LogP contribution >= 0.6 is 11.6 Å². The summed E-state index contributed by atoms with van der Waals surface area (Å²) in [6.07, 6.45) is -2.24. The van der Waals surface area contributed by atoms with Crippen LogP contribution in [0.5, 0.6) is 0 Å². The number of aromatic amines is 1. The molecule has 11 heteroatoms. The minimum Gasteiger partial charge on any atom is -0.465 e. The molecule has 3 aromatic rings. The van der Waals surface area contributed by atoms with Gasteiger partial charge in [0.2, 0.25) is 0 Å². The van der Waals surface area contributed by atoms with Crippen LogP contribution in [-0.2, 0) is 18.0 Å². The monoisotopic (exact) mass is 400 g/mol. The van der Waals surface area contributed by atoms with Gasteiger partial charge in [0, 0.05) is 18.8 Å². The Kier molecular flexibility index (Phi) is 4.60. The van der Waals surface area contributed by atoms with E-state index in [4.69, 9.17) is 11.6 Å². The number of rotatable bonds is 3. The van der Waals surface area contributed by atoms with E-state index in [1.807, 2.05) is 0 Å². The molecule has 1 aromatic carbocycles. The van der Waals surface area contributed by atoms with E-state index in [-0.39, 0.29) is 10.6 Å². The number of nitrogens with zero attached hydrogens (tertiary/aromatic N) is 3. The predicted molar refractivity (Wildman–Crippen MR) is 89.9 cm³/mol. The smallest absolute Gasteiger partial charge is 0.425 e. The van der Waals surface area contributed by atoms with Crippen LogP contribution in [0.2, 0.25) is 5.02 Å².